The molecule has 0 saturated heterocycles. The summed E-state index contributed by atoms with van der Waals surface area (Å²) < 4.78 is 0. The fourth-order valence-electron chi connectivity index (χ4n) is 1.25. The zero-order chi connectivity index (χ0) is 13.8. The molecule has 0 aromatic carbocycles. The number of rotatable bonds is 7. The van der Waals surface area contributed by atoms with Crippen molar-refractivity contribution in [2.45, 2.75) is 13.8 Å². The Morgan fingerprint density at radius 2 is 1.56 bits per heavy atom. The monoisotopic (exact) mass is 240 g/mol. The van der Waals surface area contributed by atoms with Crippen molar-refractivity contribution in [3.8, 4) is 0 Å². The average Bonchev–Trinajstić information content (AvgIpc) is 2.39. The minimum Gasteiger partial charge on any atom is -0.289 e. The molecule has 1 nitrogen and oxygen atoms in total. The van der Waals surface area contributed by atoms with E-state index in [1.807, 2.05) is 32.1 Å². The quantitative estimate of drug-likeness (QED) is 0.473. The molecule has 0 fully saturated rings. The third-order valence-corrected chi connectivity index (χ3v) is 2.12. The van der Waals surface area contributed by atoms with Gasteiger partial charge in [-0.05, 0) is 13.8 Å². The van der Waals surface area contributed by atoms with Crippen LogP contribution in [0.2, 0.25) is 0 Å². The molecule has 0 radical (unpaired) electrons. The highest BCUT2D eigenvalue weighted by molar-refractivity contribution is 6.12. The maximum atomic E-state index is 12.2. The smallest absolute Gasteiger partial charge is 0.192 e. The average molecular weight is 240 g/mol. The Balaban J connectivity index is 5.17. The highest BCUT2D eigenvalue weighted by atomic mass is 16.1. The molecule has 94 valence electrons. The summed E-state index contributed by atoms with van der Waals surface area (Å²) in [5.74, 6) is -0.0312. The summed E-state index contributed by atoms with van der Waals surface area (Å²) >= 11 is 0. The van der Waals surface area contributed by atoms with Gasteiger partial charge in [0.25, 0.3) is 0 Å². The zero-order valence-electron chi connectivity index (χ0n) is 11.1. The first kappa shape index (κ1) is 15.9. The second kappa shape index (κ2) is 10.0. The Bertz CT molecular complexity index is 440. The zero-order valence-corrected chi connectivity index (χ0v) is 11.1. The number of Topliss-reactive ketones (excluding diaryl/α,β-unsaturated/α-hetero) is 1. The van der Waals surface area contributed by atoms with Crippen molar-refractivity contribution in [3.05, 3.63) is 85.1 Å². The van der Waals surface area contributed by atoms with E-state index in [-0.39, 0.29) is 5.78 Å². The highest BCUT2D eigenvalue weighted by Gasteiger charge is 2.08. The van der Waals surface area contributed by atoms with Crippen molar-refractivity contribution in [2.24, 2.45) is 0 Å². The molecule has 0 spiro atoms. The topological polar surface area (TPSA) is 17.1 Å². The molecule has 0 bridgehead atoms. The highest BCUT2D eigenvalue weighted by Crippen LogP contribution is 2.10. The number of carbonyl (C=O) groups is 1. The van der Waals surface area contributed by atoms with Crippen LogP contribution in [0.3, 0.4) is 0 Å². The van der Waals surface area contributed by atoms with E-state index in [0.717, 1.165) is 0 Å². The van der Waals surface area contributed by atoms with E-state index in [4.69, 9.17) is 0 Å². The van der Waals surface area contributed by atoms with Gasteiger partial charge in [0.15, 0.2) is 5.78 Å². The number of carbonyl (C=O) groups excluding carboxylic acids is 1. The lowest BCUT2D eigenvalue weighted by atomic mass is 10.0. The predicted molar refractivity (Wildman–Crippen MR) is 80.3 cm³/mol. The second-order valence-corrected chi connectivity index (χ2v) is 3.41. The molecule has 0 amide bonds. The fourth-order valence-corrected chi connectivity index (χ4v) is 1.25. The van der Waals surface area contributed by atoms with E-state index in [9.17, 15) is 4.79 Å². The van der Waals surface area contributed by atoms with Crippen LogP contribution < -0.4 is 0 Å². The molecule has 0 heterocycles. The lowest BCUT2D eigenvalue weighted by Crippen LogP contribution is -2.02. The van der Waals surface area contributed by atoms with Crippen molar-refractivity contribution in [1.82, 2.24) is 0 Å². The Morgan fingerprint density at radius 1 is 0.889 bits per heavy atom. The lowest BCUT2D eigenvalue weighted by Gasteiger charge is -2.01. The molecule has 0 atom stereocenters. The minimum atomic E-state index is -0.0312. The summed E-state index contributed by atoms with van der Waals surface area (Å²) in [5.41, 5.74) is 1.23. The van der Waals surface area contributed by atoms with Gasteiger partial charge in [-0.25, -0.2) is 0 Å². The summed E-state index contributed by atoms with van der Waals surface area (Å²) in [6.07, 6.45) is 17.6. The molecular weight excluding hydrogens is 220 g/mol. The van der Waals surface area contributed by atoms with E-state index in [0.29, 0.717) is 11.1 Å². The van der Waals surface area contributed by atoms with Gasteiger partial charge in [0.05, 0.1) is 0 Å². The van der Waals surface area contributed by atoms with Gasteiger partial charge in [-0.2, -0.15) is 0 Å². The van der Waals surface area contributed by atoms with Crippen molar-refractivity contribution in [1.29, 1.82) is 0 Å². The SMILES string of the molecule is C=C/C=C\C(=C/C=C)C(=O)C(/C=C\C=C/C)=C/C. The van der Waals surface area contributed by atoms with Gasteiger partial charge >= 0.3 is 0 Å². The van der Waals surface area contributed by atoms with Crippen LogP contribution in [0, 0.1) is 0 Å². The fraction of sp³-hybridized carbons (Fsp3) is 0.118. The predicted octanol–water partition coefficient (Wildman–Crippen LogP) is 4.49. The first-order chi connectivity index (χ1) is 8.71. The molecule has 0 unspecified atom stereocenters. The minimum absolute atomic E-state index is 0.0312. The van der Waals surface area contributed by atoms with Crippen molar-refractivity contribution < 1.29 is 4.79 Å². The Kier molecular flexibility index (Phi) is 8.83. The van der Waals surface area contributed by atoms with Crippen molar-refractivity contribution in [2.75, 3.05) is 0 Å². The molecule has 0 N–H and O–H groups in total. The van der Waals surface area contributed by atoms with Crippen LogP contribution in [0.15, 0.2) is 85.1 Å². The molecule has 0 aliphatic rings. The van der Waals surface area contributed by atoms with Crippen LogP contribution in [-0.4, -0.2) is 5.78 Å². The molecule has 0 aliphatic carbocycles. The van der Waals surface area contributed by atoms with Gasteiger partial charge in [0, 0.05) is 11.1 Å². The van der Waals surface area contributed by atoms with Gasteiger partial charge < -0.3 is 0 Å². The summed E-state index contributed by atoms with van der Waals surface area (Å²) in [7, 11) is 0. The van der Waals surface area contributed by atoms with Crippen LogP contribution in [0.4, 0.5) is 0 Å². The van der Waals surface area contributed by atoms with Crippen LogP contribution in [-0.2, 0) is 4.79 Å². The third-order valence-electron chi connectivity index (χ3n) is 2.12. The van der Waals surface area contributed by atoms with Crippen molar-refractivity contribution >= 4 is 5.78 Å². The maximum Gasteiger partial charge on any atom is 0.192 e. The molecule has 0 aromatic heterocycles. The molecular formula is C17H20O. The van der Waals surface area contributed by atoms with Crippen LogP contribution in [0.1, 0.15) is 13.8 Å². The molecule has 0 aromatic rings. The van der Waals surface area contributed by atoms with Gasteiger partial charge in [0.2, 0.25) is 0 Å². The Labute approximate surface area is 110 Å². The Hall–Kier alpha value is -2.15. The van der Waals surface area contributed by atoms with Gasteiger partial charge in [-0.15, -0.1) is 0 Å². The van der Waals surface area contributed by atoms with E-state index < -0.39 is 0 Å². The van der Waals surface area contributed by atoms with Crippen molar-refractivity contribution in [3.63, 3.8) is 0 Å². The van der Waals surface area contributed by atoms with E-state index >= 15 is 0 Å². The summed E-state index contributed by atoms with van der Waals surface area (Å²) in [6.45, 7) is 11.0. The largest absolute Gasteiger partial charge is 0.289 e. The maximum absolute atomic E-state index is 12.2. The first-order valence-corrected chi connectivity index (χ1v) is 5.83. The summed E-state index contributed by atoms with van der Waals surface area (Å²) in [5, 5.41) is 0. The Morgan fingerprint density at radius 3 is 2.06 bits per heavy atom. The second-order valence-electron chi connectivity index (χ2n) is 3.41. The number of hydrogen-bond donors (Lipinski definition) is 0. The van der Waals surface area contributed by atoms with Gasteiger partial charge in [-0.3, -0.25) is 4.79 Å². The molecule has 0 aliphatic heterocycles. The molecule has 0 saturated carbocycles. The van der Waals surface area contributed by atoms with E-state index in [1.165, 1.54) is 0 Å². The van der Waals surface area contributed by atoms with Gasteiger partial charge in [-0.1, -0.05) is 73.9 Å². The standard InChI is InChI=1S/C17H20O/c1-5-9-11-14-15(8-4)17(18)16(12-7-3)13-10-6-2/h5-14H,2-3H2,1,4H3/b9-5-,13-10-,14-11-,15-8+,16-12+. The normalized spacial score (nSPS) is 13.7. The number of allylic oxidation sites excluding steroid dienone is 12. The first-order valence-electron chi connectivity index (χ1n) is 5.83. The lowest BCUT2D eigenvalue weighted by molar-refractivity contribution is -0.111. The molecule has 0 rings (SSSR count). The summed E-state index contributed by atoms with van der Waals surface area (Å²) in [6, 6.07) is 0. The van der Waals surface area contributed by atoms with E-state index in [2.05, 4.69) is 13.2 Å². The molecule has 18 heavy (non-hydrogen) atoms. The van der Waals surface area contributed by atoms with Crippen LogP contribution in [0.25, 0.3) is 0 Å². The van der Waals surface area contributed by atoms with Gasteiger partial charge in [0.1, 0.15) is 0 Å². The number of hydrogen-bond acceptors (Lipinski definition) is 1. The third kappa shape index (κ3) is 5.80. The van der Waals surface area contributed by atoms with E-state index in [1.54, 1.807) is 42.5 Å². The molecule has 1 heteroatoms. The number of ketones is 1. The van der Waals surface area contributed by atoms with Crippen LogP contribution in [0.5, 0.6) is 0 Å². The van der Waals surface area contributed by atoms with Crippen LogP contribution >= 0.6 is 0 Å². The summed E-state index contributed by atoms with van der Waals surface area (Å²) in [4.78, 5) is 12.2.